The number of fused-ring (bicyclic) bond motifs is 1. The minimum absolute atomic E-state index is 0. The fourth-order valence-corrected chi connectivity index (χ4v) is 4.46. The Morgan fingerprint density at radius 2 is 2.09 bits per heavy atom. The maximum atomic E-state index is 12.1. The van der Waals surface area contributed by atoms with Gasteiger partial charge in [-0.1, -0.05) is 25.1 Å². The van der Waals surface area contributed by atoms with Crippen molar-refractivity contribution in [1.29, 1.82) is 5.41 Å². The number of allylic oxidation sites excluding steroid dienone is 3. The van der Waals surface area contributed by atoms with E-state index in [1.807, 2.05) is 25.1 Å². The van der Waals surface area contributed by atoms with Crippen molar-refractivity contribution in [1.82, 2.24) is 9.97 Å². The first-order chi connectivity index (χ1) is 16.0. The number of hydrogen-bond acceptors (Lipinski definition) is 7. The quantitative estimate of drug-likeness (QED) is 0.426. The Kier molecular flexibility index (Phi) is 6.87. The minimum Gasteiger partial charge on any atom is -0.496 e. The lowest BCUT2D eigenvalue weighted by atomic mass is 10.0. The van der Waals surface area contributed by atoms with Crippen molar-refractivity contribution in [2.45, 2.75) is 58.0 Å². The normalized spacial score (nSPS) is 15.8. The predicted molar refractivity (Wildman–Crippen MR) is 130 cm³/mol. The molecule has 0 spiro atoms. The number of hydrogen-bond donors (Lipinski definition) is 2. The van der Waals surface area contributed by atoms with E-state index in [-0.39, 0.29) is 13.3 Å². The lowest BCUT2D eigenvalue weighted by molar-refractivity contribution is 0.0988. The SMILES string of the molecule is CCC(=O)c1ccc(Cc2nc3c(c(OC4CCCC4)n2)C(C(N)=CC=N)=CC3)c(OC)c1.[HH]. The molecule has 0 aliphatic heterocycles. The van der Waals surface area contributed by atoms with Crippen molar-refractivity contribution in [3.05, 3.63) is 64.3 Å². The monoisotopic (exact) mass is 448 g/mol. The van der Waals surface area contributed by atoms with Crippen LogP contribution in [0.2, 0.25) is 0 Å². The molecule has 174 valence electrons. The highest BCUT2D eigenvalue weighted by molar-refractivity contribution is 5.96. The number of carbonyl (C=O) groups excluding carboxylic acids is 1. The first-order valence-electron chi connectivity index (χ1n) is 11.5. The largest absolute Gasteiger partial charge is 0.496 e. The maximum absolute atomic E-state index is 12.1. The van der Waals surface area contributed by atoms with Gasteiger partial charge in [0.1, 0.15) is 17.7 Å². The molecule has 7 nitrogen and oxygen atoms in total. The Labute approximate surface area is 195 Å². The molecule has 0 atom stereocenters. The fourth-order valence-electron chi connectivity index (χ4n) is 4.46. The second-order valence-corrected chi connectivity index (χ2v) is 8.38. The van der Waals surface area contributed by atoms with E-state index in [1.165, 1.54) is 6.21 Å². The number of ketones is 1. The third-order valence-electron chi connectivity index (χ3n) is 6.20. The molecule has 2 aromatic rings. The summed E-state index contributed by atoms with van der Waals surface area (Å²) in [6, 6.07) is 5.52. The third kappa shape index (κ3) is 4.82. The molecular formula is C26H32N4O3. The molecule has 2 aliphatic rings. The van der Waals surface area contributed by atoms with Gasteiger partial charge in [-0.3, -0.25) is 4.79 Å². The Morgan fingerprint density at radius 3 is 2.79 bits per heavy atom. The number of carbonyl (C=O) groups is 1. The van der Waals surface area contributed by atoms with Crippen molar-refractivity contribution in [3.63, 3.8) is 0 Å². The van der Waals surface area contributed by atoms with Crippen LogP contribution in [0.15, 0.2) is 36.0 Å². The van der Waals surface area contributed by atoms with E-state index in [1.54, 1.807) is 19.3 Å². The summed E-state index contributed by atoms with van der Waals surface area (Å²) in [7, 11) is 1.60. The molecule has 1 aromatic heterocycles. The Hall–Kier alpha value is -3.48. The molecule has 0 amide bonds. The molecule has 0 radical (unpaired) electrons. The highest BCUT2D eigenvalue weighted by Crippen LogP contribution is 2.38. The van der Waals surface area contributed by atoms with Crippen LogP contribution >= 0.6 is 0 Å². The van der Waals surface area contributed by atoms with Crippen LogP contribution < -0.4 is 15.2 Å². The van der Waals surface area contributed by atoms with Gasteiger partial charge in [0, 0.05) is 49.3 Å². The summed E-state index contributed by atoms with van der Waals surface area (Å²) in [5, 5.41) is 7.36. The summed E-state index contributed by atoms with van der Waals surface area (Å²) >= 11 is 0. The molecule has 1 heterocycles. The van der Waals surface area contributed by atoms with E-state index in [2.05, 4.69) is 0 Å². The van der Waals surface area contributed by atoms with E-state index in [9.17, 15) is 4.79 Å². The van der Waals surface area contributed by atoms with Crippen molar-refractivity contribution in [2.24, 2.45) is 5.73 Å². The lowest BCUT2D eigenvalue weighted by Gasteiger charge is -2.18. The summed E-state index contributed by atoms with van der Waals surface area (Å²) in [6.07, 6.45) is 10.8. The van der Waals surface area contributed by atoms with Crippen molar-refractivity contribution >= 4 is 17.6 Å². The van der Waals surface area contributed by atoms with Gasteiger partial charge < -0.3 is 20.6 Å². The average Bonchev–Trinajstić information content (AvgIpc) is 3.49. The lowest BCUT2D eigenvalue weighted by Crippen LogP contribution is -2.16. The van der Waals surface area contributed by atoms with Gasteiger partial charge in [0.25, 0.3) is 0 Å². The van der Waals surface area contributed by atoms with Crippen molar-refractivity contribution in [3.8, 4) is 11.6 Å². The van der Waals surface area contributed by atoms with Crippen LogP contribution in [0.4, 0.5) is 0 Å². The number of rotatable bonds is 9. The number of Topliss-reactive ketones (excluding diaryl/α,β-unsaturated/α-hetero) is 1. The minimum atomic E-state index is 0. The molecule has 2 aliphatic carbocycles. The molecule has 4 rings (SSSR count). The first-order valence-corrected chi connectivity index (χ1v) is 11.5. The topological polar surface area (TPSA) is 111 Å². The molecule has 33 heavy (non-hydrogen) atoms. The van der Waals surface area contributed by atoms with Crippen molar-refractivity contribution < 1.29 is 15.7 Å². The predicted octanol–water partition coefficient (Wildman–Crippen LogP) is 4.67. The fraction of sp³-hybridized carbons (Fsp3) is 0.385. The van der Waals surface area contributed by atoms with Crippen LogP contribution in [0.5, 0.6) is 11.6 Å². The third-order valence-corrected chi connectivity index (χ3v) is 6.20. The molecule has 3 N–H and O–H groups in total. The molecule has 0 unspecified atom stereocenters. The summed E-state index contributed by atoms with van der Waals surface area (Å²) in [5.41, 5.74) is 10.8. The summed E-state index contributed by atoms with van der Waals surface area (Å²) in [4.78, 5) is 21.7. The van der Waals surface area contributed by atoms with Gasteiger partial charge >= 0.3 is 0 Å². The summed E-state index contributed by atoms with van der Waals surface area (Å²) in [6.45, 7) is 1.85. The summed E-state index contributed by atoms with van der Waals surface area (Å²) in [5.74, 6) is 1.92. The van der Waals surface area contributed by atoms with Gasteiger partial charge in [-0.2, -0.15) is 4.98 Å². The zero-order chi connectivity index (χ0) is 23.4. The van der Waals surface area contributed by atoms with E-state index >= 15 is 0 Å². The van der Waals surface area contributed by atoms with Crippen LogP contribution in [-0.4, -0.2) is 35.2 Å². The number of nitrogens with one attached hydrogen (secondary N) is 1. The summed E-state index contributed by atoms with van der Waals surface area (Å²) < 4.78 is 11.9. The van der Waals surface area contributed by atoms with Gasteiger partial charge in [0.15, 0.2) is 5.78 Å². The van der Waals surface area contributed by atoms with Crippen LogP contribution in [0.25, 0.3) is 5.57 Å². The van der Waals surface area contributed by atoms with Crippen LogP contribution in [-0.2, 0) is 12.8 Å². The van der Waals surface area contributed by atoms with E-state index < -0.39 is 0 Å². The molecule has 1 fully saturated rings. The smallest absolute Gasteiger partial charge is 0.225 e. The number of ether oxygens (including phenoxy) is 2. The molecule has 0 bridgehead atoms. The number of aromatic nitrogens is 2. The standard InChI is InChI=1S/C26H30N4O3.H2/c1-3-22(31)16-8-9-17(23(14-16)32-2)15-24-29-21-11-10-19(20(28)12-13-27)25(21)26(30-24)33-18-6-4-5-7-18;/h8-10,12-14,18,27H,3-7,11,15,28H2,1-2H3;1H. The highest BCUT2D eigenvalue weighted by Gasteiger charge is 2.27. The van der Waals surface area contributed by atoms with E-state index in [0.29, 0.717) is 48.0 Å². The number of nitrogens with zero attached hydrogens (tertiary/aromatic N) is 2. The number of methoxy groups -OCH3 is 1. The molecule has 1 aromatic carbocycles. The second-order valence-electron chi connectivity index (χ2n) is 8.38. The molecule has 1 saturated carbocycles. The Morgan fingerprint density at radius 1 is 1.30 bits per heavy atom. The zero-order valence-corrected chi connectivity index (χ0v) is 19.2. The van der Waals surface area contributed by atoms with Gasteiger partial charge in [-0.25, -0.2) is 4.98 Å². The van der Waals surface area contributed by atoms with E-state index in [0.717, 1.165) is 48.1 Å². The van der Waals surface area contributed by atoms with Crippen LogP contribution in [0.1, 0.15) is 73.5 Å². The van der Waals surface area contributed by atoms with Gasteiger partial charge in [0.05, 0.1) is 18.4 Å². The van der Waals surface area contributed by atoms with Crippen LogP contribution in [0, 0.1) is 5.41 Å². The van der Waals surface area contributed by atoms with Crippen LogP contribution in [0.3, 0.4) is 0 Å². The molecular weight excluding hydrogens is 416 g/mol. The second kappa shape index (κ2) is 9.98. The Bertz CT molecular complexity index is 1140. The van der Waals surface area contributed by atoms with Gasteiger partial charge in [-0.15, -0.1) is 0 Å². The van der Waals surface area contributed by atoms with E-state index in [4.69, 9.17) is 30.6 Å². The first kappa shape index (κ1) is 22.7. The number of nitrogens with two attached hydrogens (primary N) is 1. The highest BCUT2D eigenvalue weighted by atomic mass is 16.5. The average molecular weight is 449 g/mol. The van der Waals surface area contributed by atoms with Crippen molar-refractivity contribution in [2.75, 3.05) is 7.11 Å². The Balaban J connectivity index is 0.00000324. The van der Waals surface area contributed by atoms with Gasteiger partial charge in [-0.05, 0) is 37.8 Å². The zero-order valence-electron chi connectivity index (χ0n) is 19.2. The number of benzene rings is 1. The van der Waals surface area contributed by atoms with Gasteiger partial charge in [0.2, 0.25) is 5.88 Å². The molecule has 7 heteroatoms. The maximum Gasteiger partial charge on any atom is 0.225 e. The molecule has 0 saturated heterocycles.